The number of ether oxygens (including phenoxy) is 1. The molecule has 0 spiro atoms. The third kappa shape index (κ3) is 4.52. The highest BCUT2D eigenvalue weighted by molar-refractivity contribution is 5.57. The SMILES string of the molecule is OCCOCCNCc1ccc(-c2ccccc2)o1. The first-order valence-corrected chi connectivity index (χ1v) is 6.43. The first kappa shape index (κ1) is 13.8. The molecular formula is C15H19NO3. The maximum absolute atomic E-state index is 8.55. The molecule has 2 rings (SSSR count). The van der Waals surface area contributed by atoms with Crippen LogP contribution in [0.15, 0.2) is 46.9 Å². The van der Waals surface area contributed by atoms with E-state index in [1.807, 2.05) is 42.5 Å². The van der Waals surface area contributed by atoms with Gasteiger partial charge < -0.3 is 19.6 Å². The zero-order chi connectivity index (χ0) is 13.3. The predicted molar refractivity (Wildman–Crippen MR) is 73.8 cm³/mol. The van der Waals surface area contributed by atoms with Crippen molar-refractivity contribution in [1.29, 1.82) is 0 Å². The number of hydrogen-bond donors (Lipinski definition) is 2. The summed E-state index contributed by atoms with van der Waals surface area (Å²) in [6.45, 7) is 2.46. The Morgan fingerprint density at radius 3 is 2.68 bits per heavy atom. The molecule has 2 aromatic rings. The van der Waals surface area contributed by atoms with Crippen LogP contribution in [0.2, 0.25) is 0 Å². The minimum atomic E-state index is 0.0681. The Kier molecular flexibility index (Phi) is 5.62. The molecule has 2 N–H and O–H groups in total. The molecule has 0 fully saturated rings. The summed E-state index contributed by atoms with van der Waals surface area (Å²) >= 11 is 0. The molecule has 0 aliphatic rings. The van der Waals surface area contributed by atoms with E-state index in [1.54, 1.807) is 0 Å². The van der Waals surface area contributed by atoms with Crippen molar-refractivity contribution in [3.63, 3.8) is 0 Å². The van der Waals surface area contributed by atoms with Crippen LogP contribution in [-0.2, 0) is 11.3 Å². The lowest BCUT2D eigenvalue weighted by Gasteiger charge is -2.03. The van der Waals surface area contributed by atoms with E-state index in [4.69, 9.17) is 14.3 Å². The van der Waals surface area contributed by atoms with E-state index in [9.17, 15) is 0 Å². The lowest BCUT2D eigenvalue weighted by Crippen LogP contribution is -2.19. The van der Waals surface area contributed by atoms with Crippen molar-refractivity contribution >= 4 is 0 Å². The molecule has 1 heterocycles. The molecule has 0 aliphatic carbocycles. The van der Waals surface area contributed by atoms with Gasteiger partial charge in [0.15, 0.2) is 0 Å². The summed E-state index contributed by atoms with van der Waals surface area (Å²) in [7, 11) is 0. The van der Waals surface area contributed by atoms with Crippen LogP contribution in [0.1, 0.15) is 5.76 Å². The Bertz CT molecular complexity index is 467. The van der Waals surface area contributed by atoms with Crippen molar-refractivity contribution in [3.8, 4) is 11.3 Å². The Morgan fingerprint density at radius 2 is 1.89 bits per heavy atom. The maximum atomic E-state index is 8.55. The smallest absolute Gasteiger partial charge is 0.134 e. The van der Waals surface area contributed by atoms with Gasteiger partial charge in [-0.05, 0) is 12.1 Å². The van der Waals surface area contributed by atoms with Gasteiger partial charge in [0, 0.05) is 12.1 Å². The average molecular weight is 261 g/mol. The molecular weight excluding hydrogens is 242 g/mol. The van der Waals surface area contributed by atoms with Crippen LogP contribution < -0.4 is 5.32 Å². The summed E-state index contributed by atoms with van der Waals surface area (Å²) in [5.41, 5.74) is 1.08. The molecule has 0 saturated carbocycles. The summed E-state index contributed by atoms with van der Waals surface area (Å²) in [5.74, 6) is 1.79. The van der Waals surface area contributed by atoms with Gasteiger partial charge in [-0.2, -0.15) is 0 Å². The van der Waals surface area contributed by atoms with Gasteiger partial charge in [-0.15, -0.1) is 0 Å². The summed E-state index contributed by atoms with van der Waals surface area (Å²) in [4.78, 5) is 0. The zero-order valence-corrected chi connectivity index (χ0v) is 10.8. The third-order valence-corrected chi connectivity index (χ3v) is 2.68. The summed E-state index contributed by atoms with van der Waals surface area (Å²) in [6, 6.07) is 14.0. The van der Waals surface area contributed by atoms with Crippen molar-refractivity contribution in [3.05, 3.63) is 48.2 Å². The van der Waals surface area contributed by atoms with Gasteiger partial charge in [-0.1, -0.05) is 30.3 Å². The molecule has 19 heavy (non-hydrogen) atoms. The van der Waals surface area contributed by atoms with Crippen molar-refractivity contribution < 1.29 is 14.3 Å². The Balaban J connectivity index is 1.75. The number of aliphatic hydroxyl groups excluding tert-OH is 1. The van der Waals surface area contributed by atoms with Crippen LogP contribution in [0.5, 0.6) is 0 Å². The van der Waals surface area contributed by atoms with Gasteiger partial charge in [-0.3, -0.25) is 0 Å². The van der Waals surface area contributed by atoms with Crippen LogP contribution in [-0.4, -0.2) is 31.5 Å². The van der Waals surface area contributed by atoms with Crippen LogP contribution in [0.4, 0.5) is 0 Å². The van der Waals surface area contributed by atoms with Gasteiger partial charge in [-0.25, -0.2) is 0 Å². The highest BCUT2D eigenvalue weighted by Gasteiger charge is 2.03. The van der Waals surface area contributed by atoms with Gasteiger partial charge >= 0.3 is 0 Å². The van der Waals surface area contributed by atoms with Crippen molar-refractivity contribution in [1.82, 2.24) is 5.32 Å². The number of hydrogen-bond acceptors (Lipinski definition) is 4. The first-order valence-electron chi connectivity index (χ1n) is 6.43. The van der Waals surface area contributed by atoms with Crippen molar-refractivity contribution in [2.24, 2.45) is 0 Å². The number of aliphatic hydroxyl groups is 1. The molecule has 102 valence electrons. The molecule has 1 aromatic carbocycles. The Labute approximate surface area is 113 Å². The lowest BCUT2D eigenvalue weighted by atomic mass is 10.2. The normalized spacial score (nSPS) is 10.8. The molecule has 0 atom stereocenters. The summed E-state index contributed by atoms with van der Waals surface area (Å²) in [6.07, 6.45) is 0. The lowest BCUT2D eigenvalue weighted by molar-refractivity contribution is 0.0936. The van der Waals surface area contributed by atoms with Gasteiger partial charge in [0.25, 0.3) is 0 Å². The van der Waals surface area contributed by atoms with Crippen LogP contribution >= 0.6 is 0 Å². The molecule has 0 aliphatic heterocycles. The summed E-state index contributed by atoms with van der Waals surface area (Å²) in [5, 5.41) is 11.8. The van der Waals surface area contributed by atoms with Crippen LogP contribution in [0.3, 0.4) is 0 Å². The standard InChI is InChI=1S/C15H19NO3/c17-9-11-18-10-8-16-12-14-6-7-15(19-14)13-4-2-1-3-5-13/h1-7,16-17H,8-12H2. The van der Waals surface area contributed by atoms with E-state index >= 15 is 0 Å². The molecule has 1 aromatic heterocycles. The Hall–Kier alpha value is -1.62. The number of furan rings is 1. The molecule has 4 nitrogen and oxygen atoms in total. The van der Waals surface area contributed by atoms with Crippen molar-refractivity contribution in [2.75, 3.05) is 26.4 Å². The first-order chi connectivity index (χ1) is 9.40. The van der Waals surface area contributed by atoms with Gasteiger partial charge in [0.1, 0.15) is 11.5 Å². The second-order valence-corrected chi connectivity index (χ2v) is 4.14. The number of benzene rings is 1. The quantitative estimate of drug-likeness (QED) is 0.714. The largest absolute Gasteiger partial charge is 0.460 e. The van der Waals surface area contributed by atoms with E-state index in [0.29, 0.717) is 19.8 Å². The van der Waals surface area contributed by atoms with E-state index in [0.717, 1.165) is 23.6 Å². The Morgan fingerprint density at radius 1 is 1.05 bits per heavy atom. The maximum Gasteiger partial charge on any atom is 0.134 e. The van der Waals surface area contributed by atoms with Gasteiger partial charge in [0.05, 0.1) is 26.4 Å². The average Bonchev–Trinajstić information content (AvgIpc) is 2.92. The van der Waals surface area contributed by atoms with Crippen LogP contribution in [0, 0.1) is 0 Å². The zero-order valence-electron chi connectivity index (χ0n) is 10.8. The molecule has 0 saturated heterocycles. The highest BCUT2D eigenvalue weighted by atomic mass is 16.5. The molecule has 0 bridgehead atoms. The number of nitrogens with one attached hydrogen (secondary N) is 1. The number of rotatable bonds is 8. The van der Waals surface area contributed by atoms with Crippen molar-refractivity contribution in [2.45, 2.75) is 6.54 Å². The fraction of sp³-hybridized carbons (Fsp3) is 0.333. The fourth-order valence-corrected chi connectivity index (χ4v) is 1.75. The second kappa shape index (κ2) is 7.74. The highest BCUT2D eigenvalue weighted by Crippen LogP contribution is 2.21. The monoisotopic (exact) mass is 261 g/mol. The fourth-order valence-electron chi connectivity index (χ4n) is 1.75. The minimum absolute atomic E-state index is 0.0681. The predicted octanol–water partition coefficient (Wildman–Crippen LogP) is 2.05. The molecule has 0 unspecified atom stereocenters. The molecule has 4 heteroatoms. The second-order valence-electron chi connectivity index (χ2n) is 4.14. The van der Waals surface area contributed by atoms with E-state index < -0.39 is 0 Å². The van der Waals surface area contributed by atoms with E-state index in [-0.39, 0.29) is 6.61 Å². The third-order valence-electron chi connectivity index (χ3n) is 2.68. The van der Waals surface area contributed by atoms with E-state index in [2.05, 4.69) is 5.32 Å². The van der Waals surface area contributed by atoms with Gasteiger partial charge in [0.2, 0.25) is 0 Å². The van der Waals surface area contributed by atoms with E-state index in [1.165, 1.54) is 0 Å². The molecule has 0 radical (unpaired) electrons. The molecule has 0 amide bonds. The van der Waals surface area contributed by atoms with Crippen LogP contribution in [0.25, 0.3) is 11.3 Å². The summed E-state index contributed by atoms with van der Waals surface area (Å²) < 4.78 is 10.9. The topological polar surface area (TPSA) is 54.6 Å². The minimum Gasteiger partial charge on any atom is -0.460 e.